The van der Waals surface area contributed by atoms with Gasteiger partial charge in [-0.15, -0.1) is 0 Å². The zero-order valence-electron chi connectivity index (χ0n) is 16.8. The SMILES string of the molecule is CCC#CC(=O)N1CCN(c2ncnc3cc(-c4ccc(F)cc4F)c(Cl)cc23)CC1. The second-order valence-corrected chi connectivity index (χ2v) is 7.51. The van der Waals surface area contributed by atoms with Gasteiger partial charge in [0.2, 0.25) is 0 Å². The van der Waals surface area contributed by atoms with Crippen LogP contribution >= 0.6 is 11.6 Å². The highest BCUT2D eigenvalue weighted by atomic mass is 35.5. The Morgan fingerprint density at radius 1 is 1.10 bits per heavy atom. The molecule has 1 amide bonds. The van der Waals surface area contributed by atoms with Gasteiger partial charge in [-0.3, -0.25) is 4.79 Å². The van der Waals surface area contributed by atoms with E-state index in [1.165, 1.54) is 18.5 Å². The third-order valence-electron chi connectivity index (χ3n) is 5.16. The number of hydrogen-bond donors (Lipinski definition) is 0. The second-order valence-electron chi connectivity index (χ2n) is 7.11. The normalized spacial score (nSPS) is 13.8. The lowest BCUT2D eigenvalue weighted by Gasteiger charge is -2.34. The Hall–Kier alpha value is -3.24. The fraction of sp³-hybridized carbons (Fsp3) is 0.261. The molecule has 158 valence electrons. The topological polar surface area (TPSA) is 49.3 Å². The fourth-order valence-corrected chi connectivity index (χ4v) is 3.86. The highest BCUT2D eigenvalue weighted by Crippen LogP contribution is 2.36. The molecule has 0 aliphatic carbocycles. The van der Waals surface area contributed by atoms with E-state index < -0.39 is 11.6 Å². The van der Waals surface area contributed by atoms with Crippen molar-refractivity contribution < 1.29 is 13.6 Å². The van der Waals surface area contributed by atoms with E-state index in [0.29, 0.717) is 54.5 Å². The zero-order chi connectivity index (χ0) is 22.0. The summed E-state index contributed by atoms with van der Waals surface area (Å²) in [6.45, 7) is 4.17. The summed E-state index contributed by atoms with van der Waals surface area (Å²) in [6.07, 6.45) is 2.09. The first-order chi connectivity index (χ1) is 15.0. The summed E-state index contributed by atoms with van der Waals surface area (Å²) < 4.78 is 27.6. The van der Waals surface area contributed by atoms with Crippen molar-refractivity contribution in [2.45, 2.75) is 13.3 Å². The van der Waals surface area contributed by atoms with Gasteiger partial charge in [0.05, 0.1) is 5.52 Å². The van der Waals surface area contributed by atoms with Crippen LogP contribution in [-0.4, -0.2) is 47.0 Å². The lowest BCUT2D eigenvalue weighted by atomic mass is 10.0. The molecular formula is C23H19ClF2N4O. The first-order valence-corrected chi connectivity index (χ1v) is 10.3. The average Bonchev–Trinajstić information content (AvgIpc) is 2.77. The second kappa shape index (κ2) is 8.86. The average molecular weight is 441 g/mol. The number of carbonyl (C=O) groups is 1. The summed E-state index contributed by atoms with van der Waals surface area (Å²) in [6, 6.07) is 6.76. The number of halogens is 3. The third-order valence-corrected chi connectivity index (χ3v) is 5.48. The molecule has 5 nitrogen and oxygen atoms in total. The van der Waals surface area contributed by atoms with Crippen molar-refractivity contribution in [1.82, 2.24) is 14.9 Å². The molecule has 0 unspecified atom stereocenters. The van der Waals surface area contributed by atoms with Gasteiger partial charge in [0.1, 0.15) is 23.8 Å². The Balaban J connectivity index is 1.63. The molecule has 0 radical (unpaired) electrons. The van der Waals surface area contributed by atoms with Crippen molar-refractivity contribution in [3.8, 4) is 23.0 Å². The highest BCUT2D eigenvalue weighted by molar-refractivity contribution is 6.34. The van der Waals surface area contributed by atoms with Crippen LogP contribution in [-0.2, 0) is 4.79 Å². The van der Waals surface area contributed by atoms with Crippen LogP contribution in [0.3, 0.4) is 0 Å². The molecule has 1 aliphatic heterocycles. The first kappa shape index (κ1) is 21.0. The van der Waals surface area contributed by atoms with E-state index >= 15 is 0 Å². The van der Waals surface area contributed by atoms with Crippen LogP contribution in [0.4, 0.5) is 14.6 Å². The Morgan fingerprint density at radius 2 is 1.87 bits per heavy atom. The van der Waals surface area contributed by atoms with Crippen molar-refractivity contribution in [3.05, 3.63) is 53.3 Å². The molecule has 1 saturated heterocycles. The molecule has 3 aromatic rings. The van der Waals surface area contributed by atoms with Crippen molar-refractivity contribution in [2.75, 3.05) is 31.1 Å². The van der Waals surface area contributed by atoms with E-state index in [1.54, 1.807) is 17.0 Å². The van der Waals surface area contributed by atoms with Gasteiger partial charge in [-0.25, -0.2) is 18.7 Å². The number of aromatic nitrogens is 2. The first-order valence-electron chi connectivity index (χ1n) is 9.90. The molecule has 2 aromatic carbocycles. The lowest BCUT2D eigenvalue weighted by molar-refractivity contribution is -0.125. The van der Waals surface area contributed by atoms with Gasteiger partial charge in [-0.1, -0.05) is 24.4 Å². The number of benzene rings is 2. The van der Waals surface area contributed by atoms with E-state index in [2.05, 4.69) is 26.7 Å². The van der Waals surface area contributed by atoms with Gasteiger partial charge in [0.15, 0.2) is 0 Å². The molecule has 31 heavy (non-hydrogen) atoms. The minimum absolute atomic E-state index is 0.164. The minimum atomic E-state index is -0.692. The van der Waals surface area contributed by atoms with Crippen molar-refractivity contribution in [1.29, 1.82) is 0 Å². The van der Waals surface area contributed by atoms with E-state index in [4.69, 9.17) is 11.6 Å². The minimum Gasteiger partial charge on any atom is -0.352 e. The summed E-state index contributed by atoms with van der Waals surface area (Å²) in [5.74, 6) is 4.64. The number of piperazine rings is 1. The molecule has 2 heterocycles. The smallest absolute Gasteiger partial charge is 0.298 e. The Kier molecular flexibility index (Phi) is 6.01. The Morgan fingerprint density at radius 3 is 2.58 bits per heavy atom. The summed E-state index contributed by atoms with van der Waals surface area (Å²) in [5, 5.41) is 1.04. The predicted molar refractivity (Wildman–Crippen MR) is 117 cm³/mol. The van der Waals surface area contributed by atoms with Crippen LogP contribution in [0.5, 0.6) is 0 Å². The van der Waals surface area contributed by atoms with Gasteiger partial charge in [0, 0.05) is 60.2 Å². The Bertz CT molecular complexity index is 1210. The van der Waals surface area contributed by atoms with E-state index in [1.807, 2.05) is 6.92 Å². The third kappa shape index (κ3) is 4.30. The molecule has 1 aromatic heterocycles. The zero-order valence-corrected chi connectivity index (χ0v) is 17.6. The molecule has 8 heteroatoms. The molecule has 0 atom stereocenters. The fourth-order valence-electron chi connectivity index (χ4n) is 3.59. The van der Waals surface area contributed by atoms with Crippen LogP contribution in [0.25, 0.3) is 22.0 Å². The van der Waals surface area contributed by atoms with E-state index in [-0.39, 0.29) is 11.5 Å². The van der Waals surface area contributed by atoms with Crippen LogP contribution in [0.1, 0.15) is 13.3 Å². The van der Waals surface area contributed by atoms with Crippen molar-refractivity contribution in [3.63, 3.8) is 0 Å². The van der Waals surface area contributed by atoms with Gasteiger partial charge in [0.25, 0.3) is 5.91 Å². The maximum atomic E-state index is 14.3. The van der Waals surface area contributed by atoms with Gasteiger partial charge < -0.3 is 9.80 Å². The molecule has 0 bridgehead atoms. The van der Waals surface area contributed by atoms with Gasteiger partial charge >= 0.3 is 0 Å². The summed E-state index contributed by atoms with van der Waals surface area (Å²) in [4.78, 5) is 24.6. The number of rotatable bonds is 2. The van der Waals surface area contributed by atoms with Crippen LogP contribution < -0.4 is 4.90 Å². The number of amides is 1. The molecule has 4 rings (SSSR count). The lowest BCUT2D eigenvalue weighted by Crippen LogP contribution is -2.48. The Labute approximate surface area is 183 Å². The van der Waals surface area contributed by atoms with E-state index in [9.17, 15) is 13.6 Å². The number of carbonyl (C=O) groups excluding carboxylic acids is 1. The number of nitrogens with zero attached hydrogens (tertiary/aromatic N) is 4. The summed E-state index contributed by atoms with van der Waals surface area (Å²) in [5.41, 5.74) is 1.23. The monoisotopic (exact) mass is 440 g/mol. The predicted octanol–water partition coefficient (Wildman–Crippen LogP) is 4.29. The summed E-state index contributed by atoms with van der Waals surface area (Å²) >= 11 is 6.47. The number of anilines is 1. The molecule has 1 aliphatic rings. The largest absolute Gasteiger partial charge is 0.352 e. The van der Waals surface area contributed by atoms with Crippen molar-refractivity contribution in [2.24, 2.45) is 0 Å². The molecular weight excluding hydrogens is 422 g/mol. The molecule has 0 N–H and O–H groups in total. The van der Waals surface area contributed by atoms with Gasteiger partial charge in [-0.05, 0) is 30.2 Å². The standard InChI is InChI=1S/C23H19ClF2N4O/c1-2-3-4-22(31)29-7-9-30(10-8-29)23-18-12-19(24)17(13-21(18)27-14-28-23)16-6-5-15(25)11-20(16)26/h5-6,11-14H,2,7-10H2,1H3. The van der Waals surface area contributed by atoms with Crippen LogP contribution in [0.2, 0.25) is 5.02 Å². The van der Waals surface area contributed by atoms with Crippen LogP contribution in [0.15, 0.2) is 36.7 Å². The number of fused-ring (bicyclic) bond motifs is 1. The molecule has 0 spiro atoms. The summed E-state index contributed by atoms with van der Waals surface area (Å²) in [7, 11) is 0. The maximum absolute atomic E-state index is 14.3. The van der Waals surface area contributed by atoms with Crippen LogP contribution in [0, 0.1) is 23.5 Å². The quantitative estimate of drug-likeness (QED) is 0.558. The van der Waals surface area contributed by atoms with E-state index in [0.717, 1.165) is 11.5 Å². The van der Waals surface area contributed by atoms with Crippen molar-refractivity contribution >= 4 is 34.2 Å². The highest BCUT2D eigenvalue weighted by Gasteiger charge is 2.23. The number of hydrogen-bond acceptors (Lipinski definition) is 4. The molecule has 0 saturated carbocycles. The maximum Gasteiger partial charge on any atom is 0.298 e. The van der Waals surface area contributed by atoms with Gasteiger partial charge in [-0.2, -0.15) is 0 Å². The molecule has 1 fully saturated rings.